The topological polar surface area (TPSA) is 72.5 Å². The van der Waals surface area contributed by atoms with Gasteiger partial charge in [-0.2, -0.15) is 0 Å². The average molecular weight is 313 g/mol. The Labute approximate surface area is 136 Å². The Hall–Kier alpha value is -2.17. The summed E-state index contributed by atoms with van der Waals surface area (Å²) in [6.45, 7) is 1.96. The highest BCUT2D eigenvalue weighted by Crippen LogP contribution is 2.20. The minimum Gasteiger partial charge on any atom is -0.464 e. The molecule has 122 valence electrons. The lowest BCUT2D eigenvalue weighted by Gasteiger charge is -2.15. The standard InChI is InChI=1S/C19H23NO3/c1-2-23-19(22)18(21)13-17(20)12-14-8-10-16(11-9-14)15-6-4-3-5-7-15/h3-11,17-18,21H,2,12-13,20H2,1H3/t17-,18+/m0/s1. The molecule has 4 heteroatoms. The summed E-state index contributed by atoms with van der Waals surface area (Å²) in [7, 11) is 0. The number of nitrogens with two attached hydrogens (primary N) is 1. The maximum atomic E-state index is 11.4. The molecule has 0 fully saturated rings. The average Bonchev–Trinajstić information content (AvgIpc) is 2.56. The number of rotatable bonds is 7. The second-order valence-corrected chi connectivity index (χ2v) is 5.53. The van der Waals surface area contributed by atoms with Gasteiger partial charge in [0.2, 0.25) is 0 Å². The van der Waals surface area contributed by atoms with E-state index in [4.69, 9.17) is 10.5 Å². The number of benzene rings is 2. The highest BCUT2D eigenvalue weighted by molar-refractivity contribution is 5.74. The van der Waals surface area contributed by atoms with Crippen molar-refractivity contribution in [2.75, 3.05) is 6.61 Å². The van der Waals surface area contributed by atoms with E-state index in [1.54, 1.807) is 6.92 Å². The van der Waals surface area contributed by atoms with Crippen LogP contribution >= 0.6 is 0 Å². The van der Waals surface area contributed by atoms with E-state index in [0.717, 1.165) is 11.1 Å². The van der Waals surface area contributed by atoms with Crippen molar-refractivity contribution in [3.63, 3.8) is 0 Å². The molecule has 0 bridgehead atoms. The van der Waals surface area contributed by atoms with Gasteiger partial charge in [0.1, 0.15) is 0 Å². The van der Waals surface area contributed by atoms with Crippen molar-refractivity contribution < 1.29 is 14.6 Å². The molecule has 0 unspecified atom stereocenters. The summed E-state index contributed by atoms with van der Waals surface area (Å²) in [5.41, 5.74) is 9.41. The van der Waals surface area contributed by atoms with Crippen LogP contribution in [0.4, 0.5) is 0 Å². The molecule has 0 heterocycles. The largest absolute Gasteiger partial charge is 0.464 e. The van der Waals surface area contributed by atoms with Crippen LogP contribution in [-0.2, 0) is 16.0 Å². The third-order valence-electron chi connectivity index (χ3n) is 3.64. The Balaban J connectivity index is 1.92. The summed E-state index contributed by atoms with van der Waals surface area (Å²) < 4.78 is 4.77. The molecule has 23 heavy (non-hydrogen) atoms. The predicted molar refractivity (Wildman–Crippen MR) is 90.8 cm³/mol. The van der Waals surface area contributed by atoms with E-state index in [2.05, 4.69) is 24.3 Å². The molecule has 0 saturated carbocycles. The van der Waals surface area contributed by atoms with E-state index >= 15 is 0 Å². The van der Waals surface area contributed by atoms with Crippen molar-refractivity contribution in [2.24, 2.45) is 5.73 Å². The van der Waals surface area contributed by atoms with Crippen molar-refractivity contribution in [3.8, 4) is 11.1 Å². The minimum atomic E-state index is -1.16. The molecule has 0 saturated heterocycles. The first-order chi connectivity index (χ1) is 11.1. The second kappa shape index (κ2) is 8.46. The molecule has 2 aromatic carbocycles. The fraction of sp³-hybridized carbons (Fsp3) is 0.316. The molecule has 2 atom stereocenters. The van der Waals surface area contributed by atoms with Gasteiger partial charge in [-0.1, -0.05) is 54.6 Å². The summed E-state index contributed by atoms with van der Waals surface area (Å²) >= 11 is 0. The van der Waals surface area contributed by atoms with Gasteiger partial charge in [-0.3, -0.25) is 0 Å². The van der Waals surface area contributed by atoms with E-state index in [9.17, 15) is 9.90 Å². The SMILES string of the molecule is CCOC(=O)[C@H](O)C[C@@H](N)Cc1ccc(-c2ccccc2)cc1. The van der Waals surface area contributed by atoms with Crippen molar-refractivity contribution in [1.82, 2.24) is 0 Å². The molecular formula is C19H23NO3. The molecule has 0 spiro atoms. The fourth-order valence-electron chi connectivity index (χ4n) is 2.47. The van der Waals surface area contributed by atoms with Gasteiger partial charge in [0.05, 0.1) is 6.61 Å². The van der Waals surface area contributed by atoms with Gasteiger partial charge in [-0.25, -0.2) is 4.79 Å². The maximum Gasteiger partial charge on any atom is 0.335 e. The second-order valence-electron chi connectivity index (χ2n) is 5.53. The Morgan fingerprint density at radius 3 is 2.30 bits per heavy atom. The zero-order valence-corrected chi connectivity index (χ0v) is 13.3. The first-order valence-electron chi connectivity index (χ1n) is 7.84. The highest BCUT2D eigenvalue weighted by atomic mass is 16.5. The zero-order chi connectivity index (χ0) is 16.7. The third kappa shape index (κ3) is 5.20. The number of carbonyl (C=O) groups is 1. The molecule has 0 aliphatic carbocycles. The molecule has 0 amide bonds. The number of aliphatic hydroxyl groups excluding tert-OH is 1. The van der Waals surface area contributed by atoms with Gasteiger partial charge in [-0.15, -0.1) is 0 Å². The van der Waals surface area contributed by atoms with Crippen LogP contribution in [0.15, 0.2) is 54.6 Å². The fourth-order valence-corrected chi connectivity index (χ4v) is 2.47. The normalized spacial score (nSPS) is 13.3. The molecule has 0 radical (unpaired) electrons. The molecule has 4 nitrogen and oxygen atoms in total. The van der Waals surface area contributed by atoms with Crippen molar-refractivity contribution in [1.29, 1.82) is 0 Å². The number of ether oxygens (including phenoxy) is 1. The maximum absolute atomic E-state index is 11.4. The van der Waals surface area contributed by atoms with Gasteiger partial charge in [0.15, 0.2) is 6.10 Å². The Bertz CT molecular complexity index is 610. The van der Waals surface area contributed by atoms with Gasteiger partial charge < -0.3 is 15.6 Å². The lowest BCUT2D eigenvalue weighted by atomic mass is 9.98. The Morgan fingerprint density at radius 1 is 1.09 bits per heavy atom. The van der Waals surface area contributed by atoms with Crippen LogP contribution < -0.4 is 5.73 Å². The van der Waals surface area contributed by atoms with Crippen LogP contribution in [0.2, 0.25) is 0 Å². The summed E-state index contributed by atoms with van der Waals surface area (Å²) in [4.78, 5) is 11.4. The third-order valence-corrected chi connectivity index (χ3v) is 3.64. The van der Waals surface area contributed by atoms with Gasteiger partial charge in [-0.05, 0) is 36.5 Å². The number of hydrogen-bond donors (Lipinski definition) is 2. The van der Waals surface area contributed by atoms with Crippen LogP contribution in [0, 0.1) is 0 Å². The van der Waals surface area contributed by atoms with Crippen LogP contribution in [0.25, 0.3) is 11.1 Å². The first-order valence-corrected chi connectivity index (χ1v) is 7.84. The predicted octanol–water partition coefficient (Wildman–Crippen LogP) is 2.54. The van der Waals surface area contributed by atoms with Crippen LogP contribution in [-0.4, -0.2) is 29.8 Å². The monoisotopic (exact) mass is 313 g/mol. The van der Waals surface area contributed by atoms with Crippen LogP contribution in [0.1, 0.15) is 18.9 Å². The van der Waals surface area contributed by atoms with Crippen molar-refractivity contribution in [2.45, 2.75) is 31.9 Å². The Morgan fingerprint density at radius 2 is 1.70 bits per heavy atom. The summed E-state index contributed by atoms with van der Waals surface area (Å²) in [6, 6.07) is 18.0. The van der Waals surface area contributed by atoms with Gasteiger partial charge >= 0.3 is 5.97 Å². The lowest BCUT2D eigenvalue weighted by molar-refractivity contribution is -0.153. The van der Waals surface area contributed by atoms with Crippen LogP contribution in [0.3, 0.4) is 0 Å². The van der Waals surface area contributed by atoms with E-state index in [0.29, 0.717) is 6.42 Å². The molecule has 0 aliphatic heterocycles. The highest BCUT2D eigenvalue weighted by Gasteiger charge is 2.19. The summed E-state index contributed by atoms with van der Waals surface area (Å²) in [5, 5.41) is 9.74. The molecule has 3 N–H and O–H groups in total. The van der Waals surface area contributed by atoms with E-state index in [1.807, 2.05) is 30.3 Å². The molecule has 2 rings (SSSR count). The Kier molecular flexibility index (Phi) is 6.32. The molecular weight excluding hydrogens is 290 g/mol. The number of aliphatic hydroxyl groups is 1. The quantitative estimate of drug-likeness (QED) is 0.771. The molecule has 0 aliphatic rings. The van der Waals surface area contributed by atoms with Crippen LogP contribution in [0.5, 0.6) is 0 Å². The van der Waals surface area contributed by atoms with E-state index in [-0.39, 0.29) is 19.1 Å². The van der Waals surface area contributed by atoms with Crippen molar-refractivity contribution in [3.05, 3.63) is 60.2 Å². The van der Waals surface area contributed by atoms with Crippen molar-refractivity contribution >= 4 is 5.97 Å². The number of esters is 1. The minimum absolute atomic E-state index is 0.194. The van der Waals surface area contributed by atoms with E-state index < -0.39 is 12.1 Å². The first kappa shape index (κ1) is 17.2. The smallest absolute Gasteiger partial charge is 0.335 e. The zero-order valence-electron chi connectivity index (χ0n) is 13.3. The number of carbonyl (C=O) groups excluding carboxylic acids is 1. The summed E-state index contributed by atoms with van der Waals surface area (Å²) in [6.07, 6.45) is -0.362. The molecule has 2 aromatic rings. The van der Waals surface area contributed by atoms with E-state index in [1.165, 1.54) is 5.56 Å². The van der Waals surface area contributed by atoms with Gasteiger partial charge in [0, 0.05) is 6.04 Å². The summed E-state index contributed by atoms with van der Waals surface area (Å²) in [5.74, 6) is -0.609. The molecule has 0 aromatic heterocycles. The van der Waals surface area contributed by atoms with Gasteiger partial charge in [0.25, 0.3) is 0 Å². The lowest BCUT2D eigenvalue weighted by Crippen LogP contribution is -2.33. The number of hydrogen-bond acceptors (Lipinski definition) is 4.